The van der Waals surface area contributed by atoms with Gasteiger partial charge in [0.15, 0.2) is 17.2 Å². The molecular weight excluding hydrogens is 441 g/mol. The summed E-state index contributed by atoms with van der Waals surface area (Å²) in [5, 5.41) is 4.27. The van der Waals surface area contributed by atoms with Crippen molar-refractivity contribution in [3.63, 3.8) is 0 Å². The smallest absolute Gasteiger partial charge is 0.435 e. The average molecular weight is 455 g/mol. The summed E-state index contributed by atoms with van der Waals surface area (Å²) in [6.07, 6.45) is -3.66. The second kappa shape index (κ2) is 7.67. The highest BCUT2D eigenvalue weighted by molar-refractivity contribution is 9.10. The zero-order valence-corrected chi connectivity index (χ0v) is 16.3. The van der Waals surface area contributed by atoms with Crippen LogP contribution in [0.25, 0.3) is 6.08 Å². The van der Waals surface area contributed by atoms with E-state index in [9.17, 15) is 18.0 Å². The number of hydrogen-bond acceptors (Lipinski definition) is 4. The minimum atomic E-state index is -4.79. The highest BCUT2D eigenvalue weighted by Crippen LogP contribution is 2.38. The molecule has 0 bridgehead atoms. The largest absolute Gasteiger partial charge is 0.493 e. The lowest BCUT2D eigenvalue weighted by atomic mass is 10.1. The van der Waals surface area contributed by atoms with Crippen LogP contribution in [0.5, 0.6) is 11.5 Å². The third-order valence-corrected chi connectivity index (χ3v) is 4.50. The van der Waals surface area contributed by atoms with Crippen LogP contribution in [-0.2, 0) is 4.79 Å². The molecule has 1 aliphatic heterocycles. The number of hydrogen-bond donors (Lipinski definition) is 0. The molecule has 28 heavy (non-hydrogen) atoms. The number of amides is 1. The second-order valence-electron chi connectivity index (χ2n) is 5.70. The van der Waals surface area contributed by atoms with Crippen molar-refractivity contribution in [2.45, 2.75) is 6.18 Å². The van der Waals surface area contributed by atoms with E-state index in [1.54, 1.807) is 18.2 Å². The number of hydrazone groups is 1. The first-order valence-corrected chi connectivity index (χ1v) is 8.74. The van der Waals surface area contributed by atoms with Crippen molar-refractivity contribution in [3.05, 3.63) is 58.1 Å². The van der Waals surface area contributed by atoms with Crippen molar-refractivity contribution in [1.29, 1.82) is 0 Å². The van der Waals surface area contributed by atoms with Crippen molar-refractivity contribution >= 4 is 39.3 Å². The van der Waals surface area contributed by atoms with Crippen molar-refractivity contribution in [3.8, 4) is 11.5 Å². The first kappa shape index (κ1) is 19.9. The Morgan fingerprint density at radius 1 is 1.11 bits per heavy atom. The fraction of sp³-hybridized carbons (Fsp3) is 0.158. The number of benzene rings is 2. The van der Waals surface area contributed by atoms with Crippen LogP contribution in [0, 0.1) is 0 Å². The molecule has 0 unspecified atom stereocenters. The minimum Gasteiger partial charge on any atom is -0.493 e. The monoisotopic (exact) mass is 454 g/mol. The highest BCUT2D eigenvalue weighted by Gasteiger charge is 2.46. The van der Waals surface area contributed by atoms with E-state index in [-0.39, 0.29) is 5.69 Å². The number of anilines is 1. The number of nitrogens with zero attached hydrogens (tertiary/aromatic N) is 2. The lowest BCUT2D eigenvalue weighted by Gasteiger charge is -2.12. The lowest BCUT2D eigenvalue weighted by molar-refractivity contribution is -0.114. The molecule has 2 aromatic carbocycles. The molecule has 0 aromatic heterocycles. The minimum absolute atomic E-state index is 0.242. The van der Waals surface area contributed by atoms with E-state index < -0.39 is 23.4 Å². The normalized spacial score (nSPS) is 15.8. The maximum Gasteiger partial charge on any atom is 0.435 e. The van der Waals surface area contributed by atoms with Gasteiger partial charge in [0.2, 0.25) is 0 Å². The molecule has 1 heterocycles. The fourth-order valence-electron chi connectivity index (χ4n) is 2.69. The van der Waals surface area contributed by atoms with Gasteiger partial charge < -0.3 is 9.47 Å². The van der Waals surface area contributed by atoms with E-state index in [1.165, 1.54) is 38.5 Å². The van der Waals surface area contributed by atoms with Gasteiger partial charge in [0.1, 0.15) is 0 Å². The topological polar surface area (TPSA) is 51.1 Å². The average Bonchev–Trinajstić information content (AvgIpc) is 2.98. The van der Waals surface area contributed by atoms with Gasteiger partial charge in [-0.1, -0.05) is 18.2 Å². The molecule has 0 atom stereocenters. The summed E-state index contributed by atoms with van der Waals surface area (Å²) in [5.74, 6) is -0.179. The van der Waals surface area contributed by atoms with Gasteiger partial charge in [0.05, 0.1) is 30.0 Å². The number of carbonyl (C=O) groups excluding carboxylic acids is 1. The van der Waals surface area contributed by atoms with Gasteiger partial charge in [-0.2, -0.15) is 23.3 Å². The van der Waals surface area contributed by atoms with Gasteiger partial charge in [-0.05, 0) is 51.8 Å². The quantitative estimate of drug-likeness (QED) is 0.622. The summed E-state index contributed by atoms with van der Waals surface area (Å²) < 4.78 is 51.4. The zero-order chi connectivity index (χ0) is 20.5. The SMILES string of the molecule is COc1cc(/C=C2\C(=O)N(c3ccccc3)N=C2C(F)(F)F)cc(Br)c1OC. The number of halogens is 4. The molecule has 0 saturated heterocycles. The summed E-state index contributed by atoms with van der Waals surface area (Å²) >= 11 is 3.28. The Kier molecular flexibility index (Phi) is 5.46. The van der Waals surface area contributed by atoms with Crippen LogP contribution >= 0.6 is 15.9 Å². The van der Waals surface area contributed by atoms with Gasteiger partial charge in [0.25, 0.3) is 5.91 Å². The predicted octanol–water partition coefficient (Wildman–Crippen LogP) is 4.81. The molecular formula is C19H14BrF3N2O3. The summed E-state index contributed by atoms with van der Waals surface area (Å²) in [4.78, 5) is 12.7. The highest BCUT2D eigenvalue weighted by atomic mass is 79.9. The number of alkyl halides is 3. The molecule has 2 aromatic rings. The van der Waals surface area contributed by atoms with E-state index in [2.05, 4.69) is 21.0 Å². The molecule has 1 aliphatic rings. The number of carbonyl (C=O) groups is 1. The van der Waals surface area contributed by atoms with E-state index in [0.717, 1.165) is 11.1 Å². The van der Waals surface area contributed by atoms with Gasteiger partial charge in [0, 0.05) is 0 Å². The first-order chi connectivity index (χ1) is 13.3. The Hall–Kier alpha value is -2.81. The third-order valence-electron chi connectivity index (χ3n) is 3.91. The van der Waals surface area contributed by atoms with E-state index in [1.807, 2.05) is 0 Å². The molecule has 0 N–H and O–H groups in total. The standard InChI is InChI=1S/C19H14BrF3N2O3/c1-27-15-10-11(9-14(20)16(15)28-2)8-13-17(19(21,22)23)24-25(18(13)26)12-6-4-3-5-7-12/h3-10H,1-2H3/b13-8-. The maximum absolute atomic E-state index is 13.5. The molecule has 9 heteroatoms. The van der Waals surface area contributed by atoms with Crippen molar-refractivity contribution in [2.75, 3.05) is 19.2 Å². The Labute approximate surface area is 167 Å². The van der Waals surface area contributed by atoms with Crippen molar-refractivity contribution in [1.82, 2.24) is 0 Å². The molecule has 0 radical (unpaired) electrons. The van der Waals surface area contributed by atoms with Crippen LogP contribution in [0.2, 0.25) is 0 Å². The first-order valence-electron chi connectivity index (χ1n) is 7.95. The molecule has 0 saturated carbocycles. The van der Waals surface area contributed by atoms with Crippen molar-refractivity contribution in [2.24, 2.45) is 5.10 Å². The van der Waals surface area contributed by atoms with Crippen LogP contribution in [0.4, 0.5) is 18.9 Å². The summed E-state index contributed by atoms with van der Waals surface area (Å²) in [6.45, 7) is 0. The van der Waals surface area contributed by atoms with Gasteiger partial charge >= 0.3 is 6.18 Å². The second-order valence-corrected chi connectivity index (χ2v) is 6.55. The third kappa shape index (κ3) is 3.75. The summed E-state index contributed by atoms with van der Waals surface area (Å²) in [7, 11) is 2.84. The number of rotatable bonds is 4. The molecule has 0 fully saturated rings. The molecule has 3 rings (SSSR count). The molecule has 5 nitrogen and oxygen atoms in total. The molecule has 0 aliphatic carbocycles. The molecule has 146 valence electrons. The predicted molar refractivity (Wildman–Crippen MR) is 103 cm³/mol. The summed E-state index contributed by atoms with van der Waals surface area (Å²) in [6, 6.07) is 10.9. The summed E-state index contributed by atoms with van der Waals surface area (Å²) in [5.41, 5.74) is -1.26. The van der Waals surface area contributed by atoms with Crippen LogP contribution in [0.3, 0.4) is 0 Å². The van der Waals surface area contributed by atoms with E-state index in [0.29, 0.717) is 21.5 Å². The lowest BCUT2D eigenvalue weighted by Crippen LogP contribution is -2.25. The molecule has 1 amide bonds. The van der Waals surface area contributed by atoms with Gasteiger partial charge in [-0.25, -0.2) is 0 Å². The number of methoxy groups -OCH3 is 2. The van der Waals surface area contributed by atoms with Gasteiger partial charge in [-0.3, -0.25) is 4.79 Å². The van der Waals surface area contributed by atoms with Crippen molar-refractivity contribution < 1.29 is 27.4 Å². The van der Waals surface area contributed by atoms with Gasteiger partial charge in [-0.15, -0.1) is 0 Å². The number of para-hydroxylation sites is 1. The Balaban J connectivity index is 2.11. The Morgan fingerprint density at radius 2 is 1.79 bits per heavy atom. The Bertz CT molecular complexity index is 972. The van der Waals surface area contributed by atoms with Crippen LogP contribution in [0.15, 0.2) is 57.6 Å². The van der Waals surface area contributed by atoms with Crippen LogP contribution in [-0.4, -0.2) is 32.0 Å². The van der Waals surface area contributed by atoms with E-state index >= 15 is 0 Å². The fourth-order valence-corrected chi connectivity index (χ4v) is 3.31. The maximum atomic E-state index is 13.5. The zero-order valence-electron chi connectivity index (χ0n) is 14.7. The molecule has 0 spiro atoms. The van der Waals surface area contributed by atoms with Crippen LogP contribution in [0.1, 0.15) is 5.56 Å². The van der Waals surface area contributed by atoms with Crippen LogP contribution < -0.4 is 14.5 Å². The number of ether oxygens (including phenoxy) is 2. The van der Waals surface area contributed by atoms with E-state index in [4.69, 9.17) is 9.47 Å². The Morgan fingerprint density at radius 3 is 2.36 bits per heavy atom.